The van der Waals surface area contributed by atoms with Crippen molar-refractivity contribution in [1.29, 1.82) is 0 Å². The maximum atomic E-state index is 13.2. The molecule has 0 spiro atoms. The first-order valence-electron chi connectivity index (χ1n) is 11.6. The predicted octanol–water partition coefficient (Wildman–Crippen LogP) is 3.04. The monoisotopic (exact) mass is 522 g/mol. The molecule has 0 radical (unpaired) electrons. The van der Waals surface area contributed by atoms with Crippen molar-refractivity contribution >= 4 is 44.6 Å². The van der Waals surface area contributed by atoms with E-state index in [1.807, 2.05) is 0 Å². The molecule has 35 heavy (non-hydrogen) atoms. The van der Waals surface area contributed by atoms with Crippen LogP contribution in [0.3, 0.4) is 0 Å². The fraction of sp³-hybridized carbons (Fsp3) is 0.417. The summed E-state index contributed by atoms with van der Waals surface area (Å²) in [6.07, 6.45) is 3.33. The van der Waals surface area contributed by atoms with E-state index in [2.05, 4.69) is 20.9 Å². The molecule has 1 atom stereocenters. The number of nitrogens with zero attached hydrogens (tertiary/aromatic N) is 1. The summed E-state index contributed by atoms with van der Waals surface area (Å²) in [5.74, 6) is -2.19. The molecule has 2 aromatic rings. The lowest BCUT2D eigenvalue weighted by atomic mass is 10.1. The van der Waals surface area contributed by atoms with Crippen LogP contribution in [0.15, 0.2) is 36.4 Å². The highest BCUT2D eigenvalue weighted by Crippen LogP contribution is 2.29. The lowest BCUT2D eigenvalue weighted by molar-refractivity contribution is -0.116. The molecule has 11 heteroatoms. The van der Waals surface area contributed by atoms with Crippen LogP contribution in [-0.2, 0) is 20.4 Å². The Morgan fingerprint density at radius 3 is 2.66 bits per heavy atom. The van der Waals surface area contributed by atoms with Crippen molar-refractivity contribution in [1.82, 2.24) is 10.2 Å². The van der Waals surface area contributed by atoms with Gasteiger partial charge in [-0.25, -0.2) is 12.8 Å². The summed E-state index contributed by atoms with van der Waals surface area (Å²) in [6, 6.07) is 7.33. The second-order valence-electron chi connectivity index (χ2n) is 8.90. The molecule has 0 bridgehead atoms. The Balaban J connectivity index is 1.33. The normalized spacial score (nSPS) is 18.0. The van der Waals surface area contributed by atoms with E-state index in [0.29, 0.717) is 23.5 Å². The first-order chi connectivity index (χ1) is 16.7. The second-order valence-corrected chi connectivity index (χ2v) is 11.4. The van der Waals surface area contributed by atoms with E-state index in [4.69, 9.17) is 11.6 Å². The number of benzene rings is 2. The topological polar surface area (TPSA) is 108 Å². The number of rotatable bonds is 9. The number of amides is 2. The van der Waals surface area contributed by atoms with Gasteiger partial charge in [0.1, 0.15) is 11.9 Å². The Labute approximate surface area is 209 Å². The maximum absolute atomic E-state index is 13.2. The quantitative estimate of drug-likeness (QED) is 0.437. The largest absolute Gasteiger partial charge is 0.371 e. The third-order valence-electron chi connectivity index (χ3n) is 6.13. The Morgan fingerprint density at radius 1 is 1.14 bits per heavy atom. The highest BCUT2D eigenvalue weighted by atomic mass is 35.5. The summed E-state index contributed by atoms with van der Waals surface area (Å²) in [6.45, 7) is 3.76. The molecule has 8 nitrogen and oxygen atoms in total. The van der Waals surface area contributed by atoms with Crippen LogP contribution in [0.25, 0.3) is 0 Å². The number of nitrogens with one attached hydrogen (secondary N) is 3. The minimum Gasteiger partial charge on any atom is -0.371 e. The van der Waals surface area contributed by atoms with E-state index in [1.54, 1.807) is 18.2 Å². The van der Waals surface area contributed by atoms with Gasteiger partial charge in [0.2, 0.25) is 5.91 Å². The van der Waals surface area contributed by atoms with E-state index in [1.165, 1.54) is 18.9 Å². The van der Waals surface area contributed by atoms with Gasteiger partial charge in [-0.05, 0) is 74.8 Å². The number of anilines is 2. The number of halogens is 2. The van der Waals surface area contributed by atoms with Gasteiger partial charge in [0.25, 0.3) is 5.91 Å². The Hall–Kier alpha value is -2.69. The van der Waals surface area contributed by atoms with Crippen LogP contribution in [0.5, 0.6) is 0 Å². The van der Waals surface area contributed by atoms with E-state index in [-0.39, 0.29) is 16.5 Å². The number of likely N-dealkylation sites (tertiary alicyclic amines) is 1. The maximum Gasteiger partial charge on any atom is 0.251 e. The van der Waals surface area contributed by atoms with Gasteiger partial charge in [-0.3, -0.25) is 9.59 Å². The summed E-state index contributed by atoms with van der Waals surface area (Å²) in [5.41, 5.74) is 1.61. The minimum atomic E-state index is -3.74. The Morgan fingerprint density at radius 2 is 1.91 bits per heavy atom. The first kappa shape index (κ1) is 25.4. The fourth-order valence-electron chi connectivity index (χ4n) is 4.31. The molecule has 2 aliphatic rings. The summed E-state index contributed by atoms with van der Waals surface area (Å²) in [5, 5.41) is 8.54. The number of hydrogen-bond acceptors (Lipinski definition) is 6. The van der Waals surface area contributed by atoms with Crippen molar-refractivity contribution in [3.8, 4) is 0 Å². The van der Waals surface area contributed by atoms with Crippen molar-refractivity contribution < 1.29 is 22.4 Å². The van der Waals surface area contributed by atoms with Gasteiger partial charge in [0, 0.05) is 17.1 Å². The van der Waals surface area contributed by atoms with Gasteiger partial charge < -0.3 is 20.9 Å². The second kappa shape index (κ2) is 10.9. The Bertz CT molecular complexity index is 1220. The van der Waals surface area contributed by atoms with E-state index in [0.717, 1.165) is 38.2 Å². The summed E-state index contributed by atoms with van der Waals surface area (Å²) in [7, 11) is -3.74. The summed E-state index contributed by atoms with van der Waals surface area (Å²) < 4.78 is 38.6. The van der Waals surface area contributed by atoms with E-state index < -0.39 is 39.1 Å². The van der Waals surface area contributed by atoms with Gasteiger partial charge in [-0.15, -0.1) is 0 Å². The molecule has 2 aliphatic heterocycles. The zero-order valence-electron chi connectivity index (χ0n) is 19.1. The predicted molar refractivity (Wildman–Crippen MR) is 134 cm³/mol. The molecule has 0 aliphatic carbocycles. The first-order valence-corrected chi connectivity index (χ1v) is 13.8. The molecule has 2 aromatic carbocycles. The van der Waals surface area contributed by atoms with Gasteiger partial charge in [0.15, 0.2) is 9.84 Å². The number of carbonyl (C=O) groups excluding carboxylic acids is 2. The number of fused-ring (bicyclic) bond motifs is 1. The molecule has 3 N–H and O–H groups in total. The molecule has 2 amide bonds. The summed E-state index contributed by atoms with van der Waals surface area (Å²) in [4.78, 5) is 27.5. The van der Waals surface area contributed by atoms with Crippen LogP contribution in [-0.4, -0.2) is 63.1 Å². The molecule has 0 aromatic heterocycles. The molecule has 1 fully saturated rings. The molecule has 2 heterocycles. The van der Waals surface area contributed by atoms with Crippen LogP contribution in [0.4, 0.5) is 15.8 Å². The van der Waals surface area contributed by atoms with Crippen molar-refractivity contribution in [3.05, 3.63) is 58.4 Å². The lowest BCUT2D eigenvalue weighted by Gasteiger charge is -2.27. The minimum absolute atomic E-state index is 0.0156. The fourth-order valence-corrected chi connectivity index (χ4v) is 6.21. The van der Waals surface area contributed by atoms with Crippen LogP contribution < -0.4 is 16.0 Å². The number of sulfone groups is 1. The zero-order valence-corrected chi connectivity index (χ0v) is 20.7. The van der Waals surface area contributed by atoms with E-state index in [9.17, 15) is 22.4 Å². The van der Waals surface area contributed by atoms with Crippen LogP contribution in [0.1, 0.15) is 35.2 Å². The molecule has 0 saturated carbocycles. The van der Waals surface area contributed by atoms with Gasteiger partial charge in [0.05, 0.1) is 22.9 Å². The molecule has 188 valence electrons. The zero-order chi connectivity index (χ0) is 25.0. The molecule has 1 saturated heterocycles. The van der Waals surface area contributed by atoms with Crippen molar-refractivity contribution in [2.24, 2.45) is 0 Å². The molecule has 0 unspecified atom stereocenters. The summed E-state index contributed by atoms with van der Waals surface area (Å²) >= 11 is 5.95. The van der Waals surface area contributed by atoms with Crippen LogP contribution >= 0.6 is 11.6 Å². The third-order valence-corrected chi connectivity index (χ3v) is 8.08. The van der Waals surface area contributed by atoms with Gasteiger partial charge >= 0.3 is 0 Å². The van der Waals surface area contributed by atoms with Crippen LogP contribution in [0, 0.1) is 5.82 Å². The molecule has 4 rings (SSSR count). The average molecular weight is 523 g/mol. The van der Waals surface area contributed by atoms with E-state index >= 15 is 0 Å². The van der Waals surface area contributed by atoms with Crippen molar-refractivity contribution in [2.45, 2.75) is 31.1 Å². The lowest BCUT2D eigenvalue weighted by Crippen LogP contribution is -2.43. The highest BCUT2D eigenvalue weighted by Gasteiger charge is 2.31. The number of hydrogen-bond donors (Lipinski definition) is 3. The van der Waals surface area contributed by atoms with Crippen LogP contribution in [0.2, 0.25) is 5.02 Å². The SMILES string of the molecule is O=C(NCCCN1CCCC1)c1ccc2c(c1)NC(=O)[C@@H](CS(=O)(=O)Cc1ccc(F)cc1Cl)N2. The number of carbonyl (C=O) groups is 2. The molecular weight excluding hydrogens is 495 g/mol. The van der Waals surface area contributed by atoms with Gasteiger partial charge in [-0.1, -0.05) is 17.7 Å². The average Bonchev–Trinajstić information content (AvgIpc) is 3.32. The third kappa shape index (κ3) is 6.71. The smallest absolute Gasteiger partial charge is 0.251 e. The molecular formula is C24H28ClFN4O4S. The standard InChI is InChI=1S/C24H28ClFN4O4S/c25-19-13-18(26)6-4-17(19)14-35(33,34)15-22-24(32)29-21-12-16(5-7-20(21)28-22)23(31)27-8-3-11-30-9-1-2-10-30/h4-7,12-13,22,28H,1-3,8-11,14-15H2,(H,27,31)(H,29,32)/t22-/m1/s1. The Kier molecular flexibility index (Phi) is 7.93. The van der Waals surface area contributed by atoms with Crippen molar-refractivity contribution in [3.63, 3.8) is 0 Å². The van der Waals surface area contributed by atoms with Crippen molar-refractivity contribution in [2.75, 3.05) is 42.6 Å². The highest BCUT2D eigenvalue weighted by molar-refractivity contribution is 7.90. The van der Waals surface area contributed by atoms with Gasteiger partial charge in [-0.2, -0.15) is 0 Å².